The third kappa shape index (κ3) is 8.22. The lowest BCUT2D eigenvalue weighted by Gasteiger charge is -2.36. The topological polar surface area (TPSA) is 75.3 Å². The third-order valence-electron chi connectivity index (χ3n) is 9.15. The minimum Gasteiger partial charge on any atom is -0.544 e. The highest BCUT2D eigenvalue weighted by molar-refractivity contribution is 7.98. The van der Waals surface area contributed by atoms with Gasteiger partial charge in [-0.05, 0) is 81.3 Å². The van der Waals surface area contributed by atoms with Crippen molar-refractivity contribution in [1.29, 1.82) is 0 Å². The summed E-state index contributed by atoms with van der Waals surface area (Å²) in [5.41, 5.74) is 1.21. The Kier molecular flexibility index (Phi) is 12.3. The predicted molar refractivity (Wildman–Crippen MR) is 186 cm³/mol. The second kappa shape index (κ2) is 15.7. The van der Waals surface area contributed by atoms with Crippen LogP contribution in [0.3, 0.4) is 0 Å². The van der Waals surface area contributed by atoms with Gasteiger partial charge < -0.3 is 13.9 Å². The van der Waals surface area contributed by atoms with Crippen LogP contribution in [0.2, 0.25) is 5.02 Å². The van der Waals surface area contributed by atoms with Crippen molar-refractivity contribution in [2.75, 3.05) is 39.8 Å². The molecule has 0 fully saturated rings. The second-order valence-electron chi connectivity index (χ2n) is 12.1. The number of rotatable bonds is 16. The van der Waals surface area contributed by atoms with Gasteiger partial charge >= 0.3 is 0 Å². The summed E-state index contributed by atoms with van der Waals surface area (Å²) in [6.45, 7) is 13.8. The minimum atomic E-state index is -4.25. The molecule has 0 unspecified atom stereocenters. The molecule has 0 spiro atoms. The number of thioether (sulfide) groups is 1. The molecule has 7 nitrogen and oxygen atoms in total. The largest absolute Gasteiger partial charge is 0.544 e. The van der Waals surface area contributed by atoms with Crippen molar-refractivity contribution in [3.8, 4) is 11.4 Å². The maximum atomic E-state index is 15.4. The lowest BCUT2D eigenvalue weighted by Crippen LogP contribution is -2.48. The molecule has 3 aromatic carbocycles. The molecule has 48 heavy (non-hydrogen) atoms. The van der Waals surface area contributed by atoms with E-state index in [0.717, 1.165) is 65.8 Å². The highest BCUT2D eigenvalue weighted by atomic mass is 35.5. The Hall–Kier alpha value is -3.03. The summed E-state index contributed by atoms with van der Waals surface area (Å²) < 4.78 is 82.3. The number of benzene rings is 3. The Morgan fingerprint density at radius 3 is 2.19 bits per heavy atom. The summed E-state index contributed by atoms with van der Waals surface area (Å²) in [4.78, 5) is 4.07. The molecule has 0 saturated heterocycles. The van der Waals surface area contributed by atoms with Gasteiger partial charge in [0.25, 0.3) is 0 Å². The van der Waals surface area contributed by atoms with Crippen LogP contribution in [-0.4, -0.2) is 62.3 Å². The monoisotopic (exact) mass is 722 g/mol. The SMILES string of the molecule is CC[N+](CC)(CC)CCC[N-]S(=O)(=O)c1cc(F)c(CSc2ncc(C(C)(C)c3ccc(Cl)c(OC)c3)n2-c2ccc(F)cc2)c(F)c1. The van der Waals surface area contributed by atoms with Crippen LogP contribution in [0.4, 0.5) is 13.2 Å². The van der Waals surface area contributed by atoms with E-state index in [-0.39, 0.29) is 17.9 Å². The van der Waals surface area contributed by atoms with Gasteiger partial charge in [0.05, 0.1) is 55.1 Å². The first-order chi connectivity index (χ1) is 22.7. The van der Waals surface area contributed by atoms with Crippen molar-refractivity contribution in [3.63, 3.8) is 0 Å². The molecule has 0 aliphatic carbocycles. The third-order valence-corrected chi connectivity index (χ3v) is 11.8. The van der Waals surface area contributed by atoms with Crippen LogP contribution in [0.1, 0.15) is 57.9 Å². The van der Waals surface area contributed by atoms with Gasteiger partial charge in [-0.15, -0.1) is 6.54 Å². The molecule has 0 N–H and O–H groups in total. The Morgan fingerprint density at radius 1 is 0.979 bits per heavy atom. The Morgan fingerprint density at radius 2 is 1.60 bits per heavy atom. The molecule has 1 heterocycles. The molecule has 0 radical (unpaired) electrons. The number of hydrogen-bond acceptors (Lipinski definition) is 5. The van der Waals surface area contributed by atoms with E-state index in [4.69, 9.17) is 16.3 Å². The molecule has 0 saturated carbocycles. The first kappa shape index (κ1) is 37.8. The van der Waals surface area contributed by atoms with Gasteiger partial charge in [-0.1, -0.05) is 43.3 Å². The van der Waals surface area contributed by atoms with E-state index in [1.165, 1.54) is 19.2 Å². The molecule has 13 heteroatoms. The molecular formula is C35H42ClF3N4O3S2. The number of halogens is 4. The van der Waals surface area contributed by atoms with Crippen molar-refractivity contribution in [2.24, 2.45) is 0 Å². The van der Waals surface area contributed by atoms with E-state index in [1.54, 1.807) is 24.4 Å². The summed E-state index contributed by atoms with van der Waals surface area (Å²) in [6.07, 6.45) is 2.21. The second-order valence-corrected chi connectivity index (χ2v) is 15.1. The van der Waals surface area contributed by atoms with E-state index in [0.29, 0.717) is 28.0 Å². The molecule has 0 aliphatic rings. The number of hydrogen-bond donors (Lipinski definition) is 0. The molecule has 0 aliphatic heterocycles. The Bertz CT molecular complexity index is 1800. The maximum absolute atomic E-state index is 15.4. The minimum absolute atomic E-state index is 0.0384. The van der Waals surface area contributed by atoms with Crippen molar-refractivity contribution in [3.05, 3.63) is 105 Å². The van der Waals surface area contributed by atoms with Crippen LogP contribution in [0.5, 0.6) is 5.75 Å². The van der Waals surface area contributed by atoms with Gasteiger partial charge in [0.2, 0.25) is 0 Å². The normalized spacial score (nSPS) is 12.5. The van der Waals surface area contributed by atoms with Crippen molar-refractivity contribution in [2.45, 2.75) is 62.3 Å². The average molecular weight is 723 g/mol. The lowest BCUT2D eigenvalue weighted by molar-refractivity contribution is -0.923. The molecule has 0 amide bonds. The average Bonchev–Trinajstić information content (AvgIpc) is 3.50. The van der Waals surface area contributed by atoms with Crippen LogP contribution >= 0.6 is 23.4 Å². The van der Waals surface area contributed by atoms with E-state index in [1.807, 2.05) is 30.5 Å². The van der Waals surface area contributed by atoms with E-state index < -0.39 is 37.8 Å². The number of quaternary nitrogens is 1. The fraction of sp³-hybridized carbons (Fsp3) is 0.400. The summed E-state index contributed by atoms with van der Waals surface area (Å²) >= 11 is 7.34. The highest BCUT2D eigenvalue weighted by Gasteiger charge is 2.31. The summed E-state index contributed by atoms with van der Waals surface area (Å²) in [6, 6.07) is 12.9. The summed E-state index contributed by atoms with van der Waals surface area (Å²) in [7, 11) is -2.72. The van der Waals surface area contributed by atoms with Crippen LogP contribution in [0.15, 0.2) is 70.8 Å². The van der Waals surface area contributed by atoms with Crippen LogP contribution in [-0.2, 0) is 21.2 Å². The smallest absolute Gasteiger partial charge is 0.173 e. The molecule has 1 aromatic heterocycles. The summed E-state index contributed by atoms with van der Waals surface area (Å²) in [5.74, 6) is -2.10. The number of methoxy groups -OCH3 is 1. The fourth-order valence-electron chi connectivity index (χ4n) is 5.73. The summed E-state index contributed by atoms with van der Waals surface area (Å²) in [5, 5.41) is 0.856. The first-order valence-corrected chi connectivity index (χ1v) is 18.6. The van der Waals surface area contributed by atoms with Gasteiger partial charge in [0.15, 0.2) is 5.16 Å². The van der Waals surface area contributed by atoms with E-state index >= 15 is 8.78 Å². The van der Waals surface area contributed by atoms with Crippen molar-refractivity contribution >= 4 is 33.4 Å². The number of ether oxygens (including phenoxy) is 1. The lowest BCUT2D eigenvalue weighted by atomic mass is 9.81. The van der Waals surface area contributed by atoms with Crippen LogP contribution in [0.25, 0.3) is 10.4 Å². The number of imidazole rings is 1. The molecule has 4 rings (SSSR count). The molecule has 4 aromatic rings. The van der Waals surface area contributed by atoms with Gasteiger partial charge in [-0.2, -0.15) is 0 Å². The fourth-order valence-corrected chi connectivity index (χ4v) is 7.95. The molecular weight excluding hydrogens is 681 g/mol. The van der Waals surface area contributed by atoms with Gasteiger partial charge in [0.1, 0.15) is 33.2 Å². The van der Waals surface area contributed by atoms with Gasteiger partial charge in [-0.3, -0.25) is 4.57 Å². The highest BCUT2D eigenvalue weighted by Crippen LogP contribution is 2.39. The number of aromatic nitrogens is 2. The van der Waals surface area contributed by atoms with Crippen molar-refractivity contribution < 1.29 is 30.8 Å². The molecule has 0 atom stereocenters. The van der Waals surface area contributed by atoms with Crippen LogP contribution < -0.4 is 4.74 Å². The first-order valence-electron chi connectivity index (χ1n) is 15.8. The van der Waals surface area contributed by atoms with Gasteiger partial charge in [-0.25, -0.2) is 26.6 Å². The zero-order valence-electron chi connectivity index (χ0n) is 28.1. The number of nitrogens with zero attached hydrogens (tertiary/aromatic N) is 4. The zero-order valence-corrected chi connectivity index (χ0v) is 30.5. The van der Waals surface area contributed by atoms with E-state index in [2.05, 4.69) is 30.5 Å². The van der Waals surface area contributed by atoms with Crippen molar-refractivity contribution in [1.82, 2.24) is 9.55 Å². The van der Waals surface area contributed by atoms with Gasteiger partial charge in [0, 0.05) is 22.4 Å². The molecule has 260 valence electrons. The standard InChI is InChI=1S/C35H42ClF3N4O3S2/c1-7-43(8-2,9-3)18-10-17-41-48(44,45)27-20-30(38)28(31(39)21-27)23-47-34-40-22-33(42(34)26-14-12-25(37)13-15-26)35(4,5)24-11-16-29(36)32(19-24)46-6/h11-16,19-22H,7-10,17-18,23H2,1-6H3. The molecule has 0 bridgehead atoms. The quantitative estimate of drug-likeness (QED) is 0.0656. The maximum Gasteiger partial charge on any atom is 0.173 e. The predicted octanol–water partition coefficient (Wildman–Crippen LogP) is 8.90. The van der Waals surface area contributed by atoms with E-state index in [9.17, 15) is 12.8 Å². The Labute approximate surface area is 291 Å². The zero-order chi connectivity index (χ0) is 35.3. The van der Waals surface area contributed by atoms with Crippen LogP contribution in [0, 0.1) is 17.5 Å². The Balaban J connectivity index is 1.59. The number of sulfonamides is 1.